The Morgan fingerprint density at radius 2 is 2.18 bits per heavy atom. The number of nitrogens with one attached hydrogen (secondary N) is 1. The average molecular weight is 277 g/mol. The highest BCUT2D eigenvalue weighted by molar-refractivity contribution is 7.91. The van der Waals surface area contributed by atoms with Gasteiger partial charge in [0.15, 0.2) is 0 Å². The van der Waals surface area contributed by atoms with Crippen molar-refractivity contribution in [3.05, 3.63) is 17.0 Å². The van der Waals surface area contributed by atoms with E-state index in [0.717, 1.165) is 4.88 Å². The number of aliphatic carboxylic acids is 1. The molecule has 0 radical (unpaired) electrons. The van der Waals surface area contributed by atoms with Gasteiger partial charge in [0.25, 0.3) is 0 Å². The van der Waals surface area contributed by atoms with Crippen molar-refractivity contribution in [3.63, 3.8) is 0 Å². The van der Waals surface area contributed by atoms with Crippen LogP contribution in [0.2, 0.25) is 0 Å². The zero-order valence-corrected chi connectivity index (χ0v) is 11.3. The number of hydrogen-bond acceptors (Lipinski definition) is 4. The van der Waals surface area contributed by atoms with Crippen LogP contribution in [-0.4, -0.2) is 26.0 Å². The third-order valence-electron chi connectivity index (χ3n) is 2.27. The molecule has 1 unspecified atom stereocenters. The Kier molecular flexibility index (Phi) is 4.67. The molecule has 0 fully saturated rings. The molecule has 5 nitrogen and oxygen atoms in total. The van der Waals surface area contributed by atoms with E-state index < -0.39 is 21.9 Å². The Balaban J connectivity index is 2.54. The Morgan fingerprint density at radius 1 is 1.53 bits per heavy atom. The van der Waals surface area contributed by atoms with Gasteiger partial charge in [0.2, 0.25) is 10.0 Å². The lowest BCUT2D eigenvalue weighted by Crippen LogP contribution is -2.26. The summed E-state index contributed by atoms with van der Waals surface area (Å²) in [5, 5.41) is 8.66. The maximum atomic E-state index is 11.7. The molecule has 1 aromatic rings. The van der Waals surface area contributed by atoms with Crippen molar-refractivity contribution in [2.24, 2.45) is 5.92 Å². The van der Waals surface area contributed by atoms with Crippen molar-refractivity contribution < 1.29 is 18.3 Å². The summed E-state index contributed by atoms with van der Waals surface area (Å²) < 4.78 is 26.2. The lowest BCUT2D eigenvalue weighted by atomic mass is 10.1. The van der Waals surface area contributed by atoms with Crippen LogP contribution in [0.1, 0.15) is 18.2 Å². The maximum absolute atomic E-state index is 11.7. The van der Waals surface area contributed by atoms with E-state index >= 15 is 0 Å². The third-order valence-corrected chi connectivity index (χ3v) is 5.23. The summed E-state index contributed by atoms with van der Waals surface area (Å²) in [6, 6.07) is 3.28. The van der Waals surface area contributed by atoms with Crippen molar-refractivity contribution in [1.82, 2.24) is 4.72 Å². The highest BCUT2D eigenvalue weighted by Gasteiger charge is 2.17. The summed E-state index contributed by atoms with van der Waals surface area (Å²) in [5.74, 6) is -1.47. The first-order valence-electron chi connectivity index (χ1n) is 5.12. The normalized spacial score (nSPS) is 13.5. The van der Waals surface area contributed by atoms with Gasteiger partial charge in [-0.05, 0) is 25.5 Å². The second-order valence-electron chi connectivity index (χ2n) is 3.79. The molecule has 0 aliphatic heterocycles. The molecule has 0 spiro atoms. The molecule has 1 heterocycles. The van der Waals surface area contributed by atoms with Crippen molar-refractivity contribution in [2.75, 3.05) is 6.54 Å². The van der Waals surface area contributed by atoms with Gasteiger partial charge in [-0.15, -0.1) is 11.3 Å². The smallest absolute Gasteiger partial charge is 0.306 e. The van der Waals surface area contributed by atoms with Gasteiger partial charge >= 0.3 is 5.97 Å². The molecule has 7 heteroatoms. The second kappa shape index (κ2) is 5.61. The van der Waals surface area contributed by atoms with Gasteiger partial charge < -0.3 is 5.11 Å². The van der Waals surface area contributed by atoms with Gasteiger partial charge in [-0.25, -0.2) is 13.1 Å². The monoisotopic (exact) mass is 277 g/mol. The van der Waals surface area contributed by atoms with Crippen molar-refractivity contribution in [3.8, 4) is 0 Å². The number of carboxylic acid groups (broad SMARTS) is 1. The molecule has 0 bridgehead atoms. The summed E-state index contributed by atoms with van der Waals surface area (Å²) in [6.45, 7) is 3.51. The third kappa shape index (κ3) is 4.10. The van der Waals surface area contributed by atoms with Gasteiger partial charge in [-0.3, -0.25) is 4.79 Å². The van der Waals surface area contributed by atoms with Crippen LogP contribution in [0.25, 0.3) is 0 Å². The Bertz CT molecular complexity index is 492. The predicted molar refractivity (Wildman–Crippen MR) is 65.7 cm³/mol. The maximum Gasteiger partial charge on any atom is 0.306 e. The number of hydrogen-bond donors (Lipinski definition) is 2. The first-order valence-corrected chi connectivity index (χ1v) is 7.42. The largest absolute Gasteiger partial charge is 0.481 e. The van der Waals surface area contributed by atoms with Crippen LogP contribution in [-0.2, 0) is 14.8 Å². The summed E-state index contributed by atoms with van der Waals surface area (Å²) in [7, 11) is -3.49. The van der Waals surface area contributed by atoms with Crippen LogP contribution in [0.15, 0.2) is 16.3 Å². The summed E-state index contributed by atoms with van der Waals surface area (Å²) >= 11 is 1.19. The number of carbonyl (C=O) groups is 1. The molecule has 0 amide bonds. The highest BCUT2D eigenvalue weighted by atomic mass is 32.2. The van der Waals surface area contributed by atoms with E-state index in [2.05, 4.69) is 4.72 Å². The molecule has 0 aromatic carbocycles. The van der Waals surface area contributed by atoms with Crippen LogP contribution in [0, 0.1) is 12.8 Å². The lowest BCUT2D eigenvalue weighted by molar-refractivity contribution is -0.141. The standard InChI is InChI=1S/C10H15NO4S2/c1-7(10(12)13)5-6-11-17(14,15)9-4-3-8(2)16-9/h3-4,7,11H,5-6H2,1-2H3,(H,12,13). The topological polar surface area (TPSA) is 83.5 Å². The first kappa shape index (κ1) is 14.1. The van der Waals surface area contributed by atoms with Crippen LogP contribution < -0.4 is 4.72 Å². The number of sulfonamides is 1. The fourth-order valence-electron chi connectivity index (χ4n) is 1.16. The molecular weight excluding hydrogens is 262 g/mol. The van der Waals surface area contributed by atoms with E-state index in [-0.39, 0.29) is 17.2 Å². The molecule has 0 aliphatic rings. The minimum absolute atomic E-state index is 0.132. The molecule has 0 saturated heterocycles. The predicted octanol–water partition coefficient (Wildman–Crippen LogP) is 1.45. The van der Waals surface area contributed by atoms with Crippen LogP contribution >= 0.6 is 11.3 Å². The first-order chi connectivity index (χ1) is 7.83. The number of thiophene rings is 1. The van der Waals surface area contributed by atoms with Gasteiger partial charge in [0.05, 0.1) is 5.92 Å². The molecule has 0 saturated carbocycles. The average Bonchev–Trinajstić information content (AvgIpc) is 2.65. The summed E-state index contributed by atoms with van der Waals surface area (Å²) in [5.41, 5.74) is 0. The number of carboxylic acids is 1. The molecule has 1 aromatic heterocycles. The van der Waals surface area contributed by atoms with Crippen LogP contribution in [0.3, 0.4) is 0 Å². The zero-order chi connectivity index (χ0) is 13.1. The summed E-state index contributed by atoms with van der Waals surface area (Å²) in [6.07, 6.45) is 0.277. The van der Waals surface area contributed by atoms with E-state index in [4.69, 9.17) is 5.11 Å². The van der Waals surface area contributed by atoms with E-state index in [1.807, 2.05) is 6.92 Å². The molecule has 1 atom stereocenters. The van der Waals surface area contributed by atoms with Gasteiger partial charge in [0, 0.05) is 11.4 Å². The van der Waals surface area contributed by atoms with Crippen molar-refractivity contribution >= 4 is 27.3 Å². The Hall–Kier alpha value is -0.920. The molecule has 1 rings (SSSR count). The molecule has 96 valence electrons. The zero-order valence-electron chi connectivity index (χ0n) is 9.63. The number of aryl methyl sites for hydroxylation is 1. The highest BCUT2D eigenvalue weighted by Crippen LogP contribution is 2.20. The molecule has 17 heavy (non-hydrogen) atoms. The van der Waals surface area contributed by atoms with Gasteiger partial charge in [0.1, 0.15) is 4.21 Å². The van der Waals surface area contributed by atoms with E-state index in [0.29, 0.717) is 0 Å². The molecule has 0 aliphatic carbocycles. The fourth-order valence-corrected chi connectivity index (χ4v) is 3.54. The SMILES string of the molecule is Cc1ccc(S(=O)(=O)NCCC(C)C(=O)O)s1. The molecule has 2 N–H and O–H groups in total. The van der Waals surface area contributed by atoms with E-state index in [1.165, 1.54) is 11.3 Å². The van der Waals surface area contributed by atoms with Crippen molar-refractivity contribution in [2.45, 2.75) is 24.5 Å². The Morgan fingerprint density at radius 3 is 2.65 bits per heavy atom. The lowest BCUT2D eigenvalue weighted by Gasteiger charge is -2.07. The quantitative estimate of drug-likeness (QED) is 0.824. The summed E-state index contributed by atoms with van der Waals surface area (Å²) in [4.78, 5) is 11.5. The van der Waals surface area contributed by atoms with Gasteiger partial charge in [-0.2, -0.15) is 0 Å². The van der Waals surface area contributed by atoms with Crippen molar-refractivity contribution in [1.29, 1.82) is 0 Å². The minimum Gasteiger partial charge on any atom is -0.481 e. The minimum atomic E-state index is -3.49. The Labute approximate surface area is 105 Å². The van der Waals surface area contributed by atoms with E-state index in [9.17, 15) is 13.2 Å². The van der Waals surface area contributed by atoms with Gasteiger partial charge in [-0.1, -0.05) is 6.92 Å². The number of rotatable bonds is 6. The van der Waals surface area contributed by atoms with Crippen LogP contribution in [0.5, 0.6) is 0 Å². The molecular formula is C10H15NO4S2. The van der Waals surface area contributed by atoms with Crippen LogP contribution in [0.4, 0.5) is 0 Å². The second-order valence-corrected chi connectivity index (χ2v) is 7.07. The fraction of sp³-hybridized carbons (Fsp3) is 0.500. The van der Waals surface area contributed by atoms with E-state index in [1.54, 1.807) is 19.1 Å².